The first-order chi connectivity index (χ1) is 7.31. The molecule has 0 unspecified atom stereocenters. The second-order valence-corrected chi connectivity index (χ2v) is 4.46. The van der Waals surface area contributed by atoms with Crippen molar-refractivity contribution < 1.29 is 0 Å². The minimum atomic E-state index is 0.663. The van der Waals surface area contributed by atoms with Gasteiger partial charge in [-0.1, -0.05) is 25.7 Å². The van der Waals surface area contributed by atoms with Crippen LogP contribution in [0.3, 0.4) is 0 Å². The molecule has 4 nitrogen and oxygen atoms in total. The number of hydrogen-bond acceptors (Lipinski definition) is 3. The van der Waals surface area contributed by atoms with Crippen LogP contribution in [-0.2, 0) is 13.0 Å². The highest BCUT2D eigenvalue weighted by Crippen LogP contribution is 2.27. The number of aryl methyl sites for hydroxylation is 1. The van der Waals surface area contributed by atoms with Gasteiger partial charge in [0, 0.05) is 19.5 Å². The molecule has 84 valence electrons. The number of nitrogens with two attached hydrogens (primary N) is 1. The monoisotopic (exact) mass is 208 g/mol. The summed E-state index contributed by atoms with van der Waals surface area (Å²) in [5.74, 6) is 2.95. The zero-order valence-electron chi connectivity index (χ0n) is 9.45. The second kappa shape index (κ2) is 4.75. The molecule has 0 spiro atoms. The predicted octanol–water partition coefficient (Wildman–Crippen LogP) is 1.28. The number of rotatable bonds is 4. The van der Waals surface area contributed by atoms with E-state index in [1.54, 1.807) is 0 Å². The van der Waals surface area contributed by atoms with Crippen molar-refractivity contribution in [2.45, 2.75) is 45.6 Å². The van der Waals surface area contributed by atoms with Crippen LogP contribution in [0.4, 0.5) is 0 Å². The predicted molar refractivity (Wildman–Crippen MR) is 59.5 cm³/mol. The first-order valence-electron chi connectivity index (χ1n) is 5.90. The Morgan fingerprint density at radius 2 is 2.07 bits per heavy atom. The Morgan fingerprint density at radius 3 is 2.73 bits per heavy atom. The van der Waals surface area contributed by atoms with Crippen LogP contribution in [0.1, 0.15) is 37.3 Å². The third kappa shape index (κ3) is 2.37. The van der Waals surface area contributed by atoms with Gasteiger partial charge in [-0.25, -0.2) is 0 Å². The van der Waals surface area contributed by atoms with Crippen molar-refractivity contribution in [2.24, 2.45) is 11.7 Å². The Morgan fingerprint density at radius 1 is 1.33 bits per heavy atom. The Hall–Kier alpha value is -0.900. The van der Waals surface area contributed by atoms with E-state index in [1.165, 1.54) is 25.7 Å². The summed E-state index contributed by atoms with van der Waals surface area (Å²) in [6.07, 6.45) is 6.56. The summed E-state index contributed by atoms with van der Waals surface area (Å²) < 4.78 is 2.16. The molecule has 0 amide bonds. The Balaban J connectivity index is 2.05. The third-order valence-electron chi connectivity index (χ3n) is 3.31. The molecule has 1 saturated carbocycles. The van der Waals surface area contributed by atoms with Gasteiger partial charge in [-0.2, -0.15) is 0 Å². The van der Waals surface area contributed by atoms with Crippen LogP contribution in [0.2, 0.25) is 0 Å². The Kier molecular flexibility index (Phi) is 3.36. The number of hydrogen-bond donors (Lipinski definition) is 1. The summed E-state index contributed by atoms with van der Waals surface area (Å²) in [6, 6.07) is 0. The molecule has 4 heteroatoms. The van der Waals surface area contributed by atoms with Gasteiger partial charge in [-0.15, -0.1) is 10.2 Å². The Bertz CT molecular complexity index is 312. The van der Waals surface area contributed by atoms with Gasteiger partial charge in [0.15, 0.2) is 0 Å². The molecule has 1 fully saturated rings. The molecule has 1 heterocycles. The fourth-order valence-corrected chi connectivity index (χ4v) is 2.47. The van der Waals surface area contributed by atoms with Gasteiger partial charge in [0.1, 0.15) is 11.6 Å². The van der Waals surface area contributed by atoms with Crippen molar-refractivity contribution in [1.82, 2.24) is 14.8 Å². The van der Waals surface area contributed by atoms with Gasteiger partial charge in [-0.05, 0) is 12.8 Å². The van der Waals surface area contributed by atoms with E-state index in [0.717, 1.165) is 30.5 Å². The molecule has 2 N–H and O–H groups in total. The van der Waals surface area contributed by atoms with Gasteiger partial charge in [0.25, 0.3) is 0 Å². The third-order valence-corrected chi connectivity index (χ3v) is 3.31. The molecule has 0 radical (unpaired) electrons. The van der Waals surface area contributed by atoms with E-state index >= 15 is 0 Å². The molecular formula is C11H20N4. The summed E-state index contributed by atoms with van der Waals surface area (Å²) in [6.45, 7) is 3.51. The van der Waals surface area contributed by atoms with Crippen molar-refractivity contribution >= 4 is 0 Å². The lowest BCUT2D eigenvalue weighted by Crippen LogP contribution is -2.15. The molecule has 1 aromatic rings. The van der Waals surface area contributed by atoms with E-state index in [9.17, 15) is 0 Å². The van der Waals surface area contributed by atoms with Crippen LogP contribution >= 0.6 is 0 Å². The van der Waals surface area contributed by atoms with Crippen LogP contribution in [0, 0.1) is 12.8 Å². The molecule has 0 bridgehead atoms. The van der Waals surface area contributed by atoms with E-state index in [0.29, 0.717) is 6.54 Å². The summed E-state index contributed by atoms with van der Waals surface area (Å²) in [4.78, 5) is 0. The zero-order chi connectivity index (χ0) is 10.7. The van der Waals surface area contributed by atoms with Crippen LogP contribution in [-0.4, -0.2) is 21.3 Å². The van der Waals surface area contributed by atoms with E-state index in [-0.39, 0.29) is 0 Å². The van der Waals surface area contributed by atoms with Crippen molar-refractivity contribution in [1.29, 1.82) is 0 Å². The minimum absolute atomic E-state index is 0.663. The largest absolute Gasteiger partial charge is 0.329 e. The number of aromatic nitrogens is 3. The fraction of sp³-hybridized carbons (Fsp3) is 0.818. The summed E-state index contributed by atoms with van der Waals surface area (Å²) in [5.41, 5.74) is 5.59. The van der Waals surface area contributed by atoms with E-state index in [2.05, 4.69) is 14.8 Å². The van der Waals surface area contributed by atoms with Crippen molar-refractivity contribution in [2.75, 3.05) is 6.54 Å². The molecule has 2 rings (SSSR count). The minimum Gasteiger partial charge on any atom is -0.329 e. The van der Waals surface area contributed by atoms with Gasteiger partial charge in [-0.3, -0.25) is 0 Å². The lowest BCUT2D eigenvalue weighted by Gasteiger charge is -2.10. The molecule has 1 aromatic heterocycles. The van der Waals surface area contributed by atoms with E-state index in [1.807, 2.05) is 6.92 Å². The molecule has 0 aliphatic heterocycles. The molecule has 1 aliphatic rings. The number of nitrogens with zero attached hydrogens (tertiary/aromatic N) is 3. The van der Waals surface area contributed by atoms with Crippen molar-refractivity contribution in [3.8, 4) is 0 Å². The van der Waals surface area contributed by atoms with Crippen molar-refractivity contribution in [3.63, 3.8) is 0 Å². The van der Waals surface area contributed by atoms with Crippen LogP contribution in [0.25, 0.3) is 0 Å². The quantitative estimate of drug-likeness (QED) is 0.811. The van der Waals surface area contributed by atoms with E-state index in [4.69, 9.17) is 5.73 Å². The van der Waals surface area contributed by atoms with Crippen molar-refractivity contribution in [3.05, 3.63) is 11.6 Å². The van der Waals surface area contributed by atoms with Crippen LogP contribution in [0.5, 0.6) is 0 Å². The van der Waals surface area contributed by atoms with Gasteiger partial charge in [0.2, 0.25) is 0 Å². The Labute approximate surface area is 90.9 Å². The average molecular weight is 208 g/mol. The SMILES string of the molecule is Cc1nnc(CC2CCCC2)n1CCN. The molecule has 0 saturated heterocycles. The van der Waals surface area contributed by atoms with Crippen LogP contribution in [0.15, 0.2) is 0 Å². The first-order valence-corrected chi connectivity index (χ1v) is 5.90. The second-order valence-electron chi connectivity index (χ2n) is 4.46. The highest BCUT2D eigenvalue weighted by atomic mass is 15.3. The molecule has 0 atom stereocenters. The van der Waals surface area contributed by atoms with Crippen LogP contribution < -0.4 is 5.73 Å². The highest BCUT2D eigenvalue weighted by Gasteiger charge is 2.18. The lowest BCUT2D eigenvalue weighted by atomic mass is 10.0. The fourth-order valence-electron chi connectivity index (χ4n) is 2.47. The average Bonchev–Trinajstić information content (AvgIpc) is 2.83. The zero-order valence-corrected chi connectivity index (χ0v) is 9.45. The van der Waals surface area contributed by atoms with Gasteiger partial charge in [0.05, 0.1) is 0 Å². The topological polar surface area (TPSA) is 56.7 Å². The summed E-state index contributed by atoms with van der Waals surface area (Å²) in [7, 11) is 0. The smallest absolute Gasteiger partial charge is 0.133 e. The van der Waals surface area contributed by atoms with Gasteiger partial charge >= 0.3 is 0 Å². The molecular weight excluding hydrogens is 188 g/mol. The standard InChI is InChI=1S/C11H20N4/c1-9-13-14-11(15(9)7-6-12)8-10-4-2-3-5-10/h10H,2-8,12H2,1H3. The summed E-state index contributed by atoms with van der Waals surface area (Å²) in [5, 5.41) is 8.39. The maximum Gasteiger partial charge on any atom is 0.133 e. The first kappa shape index (κ1) is 10.6. The van der Waals surface area contributed by atoms with E-state index < -0.39 is 0 Å². The highest BCUT2D eigenvalue weighted by molar-refractivity contribution is 4.96. The maximum absolute atomic E-state index is 5.59. The summed E-state index contributed by atoms with van der Waals surface area (Å²) >= 11 is 0. The van der Waals surface area contributed by atoms with Gasteiger partial charge < -0.3 is 10.3 Å². The normalized spacial score (nSPS) is 17.5. The lowest BCUT2D eigenvalue weighted by molar-refractivity contribution is 0.507. The molecule has 0 aromatic carbocycles. The molecule has 15 heavy (non-hydrogen) atoms. The molecule has 1 aliphatic carbocycles. The maximum atomic E-state index is 5.59.